The second-order valence-electron chi connectivity index (χ2n) is 6.80. The first-order valence-corrected chi connectivity index (χ1v) is 9.13. The molecule has 2 fully saturated rings. The van der Waals surface area contributed by atoms with E-state index in [1.165, 1.54) is 56.5 Å². The van der Waals surface area contributed by atoms with Gasteiger partial charge in [0.2, 0.25) is 0 Å². The third-order valence-corrected chi connectivity index (χ3v) is 6.34. The highest BCUT2D eigenvalue weighted by molar-refractivity contribution is 7.09. The number of nitrogens with zero attached hydrogens (tertiary/aromatic N) is 1. The van der Waals surface area contributed by atoms with E-state index < -0.39 is 0 Å². The van der Waals surface area contributed by atoms with E-state index in [9.17, 15) is 0 Å². The molecular weight excluding hydrogens is 264 g/mol. The zero-order valence-electron chi connectivity index (χ0n) is 12.7. The molecule has 0 bridgehead atoms. The summed E-state index contributed by atoms with van der Waals surface area (Å²) in [6.07, 6.45) is 8.87. The third-order valence-electron chi connectivity index (χ3n) is 5.47. The highest BCUT2D eigenvalue weighted by atomic mass is 32.1. The molecule has 112 valence electrons. The normalized spacial score (nSPS) is 24.2. The summed E-state index contributed by atoms with van der Waals surface area (Å²) in [5.41, 5.74) is 0.751. The second-order valence-corrected chi connectivity index (χ2v) is 7.83. The highest BCUT2D eigenvalue weighted by Crippen LogP contribution is 2.46. The molecule has 1 aliphatic heterocycles. The van der Waals surface area contributed by atoms with Gasteiger partial charge in [0, 0.05) is 24.0 Å². The van der Waals surface area contributed by atoms with E-state index in [0.29, 0.717) is 6.04 Å². The first-order valence-electron chi connectivity index (χ1n) is 8.25. The van der Waals surface area contributed by atoms with Crippen LogP contribution < -0.4 is 5.32 Å². The fourth-order valence-corrected chi connectivity index (χ4v) is 4.69. The number of likely N-dealkylation sites (tertiary alicyclic amines) is 1. The van der Waals surface area contributed by atoms with Crippen LogP contribution in [0.4, 0.5) is 0 Å². The summed E-state index contributed by atoms with van der Waals surface area (Å²) >= 11 is 1.85. The maximum absolute atomic E-state index is 3.61. The van der Waals surface area contributed by atoms with Crippen molar-refractivity contribution < 1.29 is 0 Å². The van der Waals surface area contributed by atoms with Crippen LogP contribution in [-0.2, 0) is 6.54 Å². The van der Waals surface area contributed by atoms with Gasteiger partial charge in [0.15, 0.2) is 0 Å². The number of nitrogens with one attached hydrogen (secondary N) is 1. The van der Waals surface area contributed by atoms with E-state index in [1.807, 2.05) is 11.3 Å². The fourth-order valence-electron chi connectivity index (χ4n) is 4.01. The number of thiophene rings is 1. The van der Waals surface area contributed by atoms with Crippen LogP contribution in [0.1, 0.15) is 50.3 Å². The molecule has 1 spiro atoms. The lowest BCUT2D eigenvalue weighted by Crippen LogP contribution is -2.46. The fraction of sp³-hybridized carbons (Fsp3) is 0.765. The molecule has 1 atom stereocenters. The lowest BCUT2D eigenvalue weighted by molar-refractivity contribution is 0.0811. The smallest absolute Gasteiger partial charge is 0.0300 e. The Kier molecular flexibility index (Phi) is 4.79. The predicted molar refractivity (Wildman–Crippen MR) is 87.2 cm³/mol. The van der Waals surface area contributed by atoms with E-state index in [1.54, 1.807) is 0 Å². The number of piperidine rings is 1. The zero-order chi connectivity index (χ0) is 13.8. The van der Waals surface area contributed by atoms with Gasteiger partial charge in [-0.25, -0.2) is 0 Å². The highest BCUT2D eigenvalue weighted by Gasteiger charge is 2.37. The molecule has 20 heavy (non-hydrogen) atoms. The molecule has 1 N–H and O–H groups in total. The van der Waals surface area contributed by atoms with Gasteiger partial charge in [-0.3, -0.25) is 4.90 Å². The van der Waals surface area contributed by atoms with Gasteiger partial charge in [0.1, 0.15) is 0 Å². The van der Waals surface area contributed by atoms with Gasteiger partial charge in [-0.1, -0.05) is 18.9 Å². The minimum absolute atomic E-state index is 0.675. The third kappa shape index (κ3) is 3.44. The quantitative estimate of drug-likeness (QED) is 0.886. The van der Waals surface area contributed by atoms with Crippen LogP contribution >= 0.6 is 11.3 Å². The van der Waals surface area contributed by atoms with Crippen molar-refractivity contribution in [3.8, 4) is 0 Å². The Bertz CT molecular complexity index is 385. The summed E-state index contributed by atoms with van der Waals surface area (Å²) in [6.45, 7) is 7.17. The summed E-state index contributed by atoms with van der Waals surface area (Å²) in [5.74, 6) is 0. The van der Waals surface area contributed by atoms with Crippen molar-refractivity contribution in [1.29, 1.82) is 0 Å². The van der Waals surface area contributed by atoms with E-state index >= 15 is 0 Å². The molecule has 0 radical (unpaired) electrons. The Balaban J connectivity index is 1.39. The van der Waals surface area contributed by atoms with Crippen LogP contribution in [0, 0.1) is 5.41 Å². The zero-order valence-corrected chi connectivity index (χ0v) is 13.6. The number of hydrogen-bond acceptors (Lipinski definition) is 3. The summed E-state index contributed by atoms with van der Waals surface area (Å²) < 4.78 is 0. The monoisotopic (exact) mass is 292 g/mol. The minimum atomic E-state index is 0.675. The molecule has 1 aromatic heterocycles. The largest absolute Gasteiger partial charge is 0.310 e. The van der Waals surface area contributed by atoms with Crippen LogP contribution in [0.5, 0.6) is 0 Å². The van der Waals surface area contributed by atoms with E-state index in [2.05, 4.69) is 34.7 Å². The van der Waals surface area contributed by atoms with Crippen molar-refractivity contribution in [3.05, 3.63) is 22.4 Å². The molecule has 2 nitrogen and oxygen atoms in total. The van der Waals surface area contributed by atoms with Crippen LogP contribution in [0.15, 0.2) is 17.5 Å². The molecule has 3 heteroatoms. The molecule has 2 aliphatic rings. The van der Waals surface area contributed by atoms with E-state index in [4.69, 9.17) is 0 Å². The van der Waals surface area contributed by atoms with Crippen molar-refractivity contribution in [3.63, 3.8) is 0 Å². The van der Waals surface area contributed by atoms with E-state index in [0.717, 1.165) is 18.5 Å². The molecular formula is C17H28N2S. The molecule has 1 unspecified atom stereocenters. The lowest BCUT2D eigenvalue weighted by Gasteiger charge is -2.42. The Morgan fingerprint density at radius 1 is 1.25 bits per heavy atom. The summed E-state index contributed by atoms with van der Waals surface area (Å²) in [6, 6.07) is 5.03. The molecule has 0 amide bonds. The van der Waals surface area contributed by atoms with Crippen molar-refractivity contribution in [2.24, 2.45) is 5.41 Å². The van der Waals surface area contributed by atoms with Crippen molar-refractivity contribution in [1.82, 2.24) is 10.2 Å². The average Bonchev–Trinajstić information content (AvgIpc) is 3.12. The van der Waals surface area contributed by atoms with Gasteiger partial charge < -0.3 is 5.32 Å². The maximum atomic E-state index is 3.61. The summed E-state index contributed by atoms with van der Waals surface area (Å²) in [5, 5.41) is 5.77. The second kappa shape index (κ2) is 6.59. The van der Waals surface area contributed by atoms with Crippen molar-refractivity contribution in [2.75, 3.05) is 19.6 Å². The van der Waals surface area contributed by atoms with Crippen LogP contribution in [0.2, 0.25) is 0 Å². The van der Waals surface area contributed by atoms with Gasteiger partial charge in [-0.2, -0.15) is 0 Å². The number of rotatable bonds is 5. The van der Waals surface area contributed by atoms with Crippen molar-refractivity contribution >= 4 is 11.3 Å². The van der Waals surface area contributed by atoms with E-state index in [-0.39, 0.29) is 0 Å². The molecule has 1 aromatic rings. The SMILES string of the molecule is CC(CNCc1cccs1)N1CCC2(CCCC2)CC1. The summed E-state index contributed by atoms with van der Waals surface area (Å²) in [7, 11) is 0. The first kappa shape index (κ1) is 14.6. The topological polar surface area (TPSA) is 15.3 Å². The Hall–Kier alpha value is -0.380. The minimum Gasteiger partial charge on any atom is -0.310 e. The maximum Gasteiger partial charge on any atom is 0.0300 e. The van der Waals surface area contributed by atoms with Crippen LogP contribution in [0.25, 0.3) is 0 Å². The molecule has 0 aromatic carbocycles. The standard InChI is InChI=1S/C17H28N2S/c1-15(13-18-14-16-5-4-12-20-16)19-10-8-17(9-11-19)6-2-3-7-17/h4-5,12,15,18H,2-3,6-11,13-14H2,1H3. The van der Waals surface area contributed by atoms with Crippen molar-refractivity contribution in [2.45, 2.75) is 58.0 Å². The average molecular weight is 292 g/mol. The first-order chi connectivity index (χ1) is 9.77. The Labute approximate surface area is 127 Å². The van der Waals surface area contributed by atoms with Gasteiger partial charge in [-0.15, -0.1) is 11.3 Å². The molecule has 3 rings (SSSR count). The number of hydrogen-bond donors (Lipinski definition) is 1. The molecule has 1 saturated heterocycles. The predicted octanol–water partition coefficient (Wildman–Crippen LogP) is 3.88. The van der Waals surface area contributed by atoms with Gasteiger partial charge in [0.25, 0.3) is 0 Å². The molecule has 1 saturated carbocycles. The summed E-state index contributed by atoms with van der Waals surface area (Å²) in [4.78, 5) is 4.14. The Morgan fingerprint density at radius 2 is 2.00 bits per heavy atom. The molecule has 1 aliphatic carbocycles. The molecule has 2 heterocycles. The van der Waals surface area contributed by atoms with Crippen LogP contribution in [0.3, 0.4) is 0 Å². The van der Waals surface area contributed by atoms with Gasteiger partial charge >= 0.3 is 0 Å². The van der Waals surface area contributed by atoms with Gasteiger partial charge in [-0.05, 0) is 62.6 Å². The van der Waals surface area contributed by atoms with Crippen LogP contribution in [-0.4, -0.2) is 30.6 Å². The van der Waals surface area contributed by atoms with Gasteiger partial charge in [0.05, 0.1) is 0 Å². The lowest BCUT2D eigenvalue weighted by atomic mass is 9.77. The Morgan fingerprint density at radius 3 is 2.65 bits per heavy atom.